The summed E-state index contributed by atoms with van der Waals surface area (Å²) in [5.41, 5.74) is 11.4. The van der Waals surface area contributed by atoms with Gasteiger partial charge in [0.2, 0.25) is 12.1 Å². The van der Waals surface area contributed by atoms with Crippen LogP contribution >= 0.6 is 0 Å². The molecule has 2 unspecified atom stereocenters. The summed E-state index contributed by atoms with van der Waals surface area (Å²) in [5, 5.41) is 64.2. The SMILES string of the molecule is NC(C(N)[N+](CCO)(CCO)CCO)C(O)(O)C(O)O. The highest BCUT2D eigenvalue weighted by atomic mass is 16.6. The number of aliphatic hydroxyl groups is 7. The van der Waals surface area contributed by atoms with Crippen LogP contribution in [0.2, 0.25) is 0 Å². The van der Waals surface area contributed by atoms with E-state index in [0.717, 1.165) is 0 Å². The second-order valence-corrected chi connectivity index (χ2v) is 4.73. The summed E-state index contributed by atoms with van der Waals surface area (Å²) in [5.74, 6) is -3.07. The largest absolute Gasteiger partial charge is 0.391 e. The number of nitrogens with zero attached hydrogens (tertiary/aromatic N) is 1. The van der Waals surface area contributed by atoms with Crippen LogP contribution in [0.4, 0.5) is 0 Å². The van der Waals surface area contributed by atoms with E-state index >= 15 is 0 Å². The first-order chi connectivity index (χ1) is 9.19. The molecule has 0 aromatic rings. The maximum absolute atomic E-state index is 9.55. The molecule has 0 saturated heterocycles. The topological polar surface area (TPSA) is 194 Å². The molecule has 0 spiro atoms. The van der Waals surface area contributed by atoms with E-state index in [4.69, 9.17) is 37.0 Å². The highest BCUT2D eigenvalue weighted by molar-refractivity contribution is 4.86. The van der Waals surface area contributed by atoms with E-state index in [2.05, 4.69) is 0 Å². The molecule has 0 aromatic carbocycles. The van der Waals surface area contributed by atoms with Gasteiger partial charge < -0.3 is 46.0 Å². The van der Waals surface area contributed by atoms with Crippen molar-refractivity contribution in [3.8, 4) is 0 Å². The first kappa shape index (κ1) is 19.6. The van der Waals surface area contributed by atoms with Gasteiger partial charge in [-0.15, -0.1) is 0 Å². The molecule has 0 bridgehead atoms. The molecule has 0 fully saturated rings. The van der Waals surface area contributed by atoms with Crippen LogP contribution in [0.25, 0.3) is 0 Å². The molecule has 0 aliphatic heterocycles. The molecule has 0 aliphatic carbocycles. The third-order valence-corrected chi connectivity index (χ3v) is 3.51. The maximum atomic E-state index is 9.55. The van der Waals surface area contributed by atoms with Crippen LogP contribution < -0.4 is 11.5 Å². The van der Waals surface area contributed by atoms with E-state index in [-0.39, 0.29) is 43.9 Å². The van der Waals surface area contributed by atoms with E-state index in [1.807, 2.05) is 0 Å². The van der Waals surface area contributed by atoms with E-state index in [0.29, 0.717) is 0 Å². The zero-order chi connectivity index (χ0) is 16.0. The van der Waals surface area contributed by atoms with Gasteiger partial charge in [-0.1, -0.05) is 0 Å². The van der Waals surface area contributed by atoms with Crippen molar-refractivity contribution in [3.05, 3.63) is 0 Å². The smallest absolute Gasteiger partial charge is 0.238 e. The van der Waals surface area contributed by atoms with E-state index in [9.17, 15) is 10.2 Å². The summed E-state index contributed by atoms with van der Waals surface area (Å²) in [6, 6.07) is -1.69. The Morgan fingerprint density at radius 2 is 1.20 bits per heavy atom. The summed E-state index contributed by atoms with van der Waals surface area (Å²) in [7, 11) is 0. The van der Waals surface area contributed by atoms with Gasteiger partial charge in [-0.25, -0.2) is 0 Å². The predicted molar refractivity (Wildman–Crippen MR) is 67.5 cm³/mol. The fraction of sp³-hybridized carbons (Fsp3) is 1.00. The fourth-order valence-corrected chi connectivity index (χ4v) is 2.14. The van der Waals surface area contributed by atoms with Crippen molar-refractivity contribution in [3.63, 3.8) is 0 Å². The lowest BCUT2D eigenvalue weighted by Crippen LogP contribution is -2.74. The number of hydrogen-bond donors (Lipinski definition) is 9. The normalized spacial score (nSPS) is 16.5. The van der Waals surface area contributed by atoms with Gasteiger partial charge in [-0.2, -0.15) is 0 Å². The molecule has 10 nitrogen and oxygen atoms in total. The summed E-state index contributed by atoms with van der Waals surface area (Å²) < 4.78 is -0.305. The molecule has 0 aromatic heterocycles. The minimum atomic E-state index is -3.07. The monoisotopic (exact) mass is 300 g/mol. The standard InChI is InChI=1S/C10H26N3O7/c11-7(10(19,20)9(17)18)8(12)13(1-4-14,2-5-15)3-6-16/h7-9,14-20H,1-6,11-12H2/q+1. The van der Waals surface area contributed by atoms with Crippen LogP contribution in [0.15, 0.2) is 0 Å². The Hall–Kier alpha value is -0.400. The number of nitrogens with two attached hydrogens (primary N) is 2. The third kappa shape index (κ3) is 4.30. The van der Waals surface area contributed by atoms with Gasteiger partial charge in [0.15, 0.2) is 6.17 Å². The van der Waals surface area contributed by atoms with Gasteiger partial charge in [0.1, 0.15) is 25.7 Å². The Bertz CT molecular complexity index is 261. The Labute approximate surface area is 116 Å². The second-order valence-electron chi connectivity index (χ2n) is 4.73. The van der Waals surface area contributed by atoms with E-state index < -0.39 is 24.3 Å². The van der Waals surface area contributed by atoms with Gasteiger partial charge in [-0.05, 0) is 0 Å². The van der Waals surface area contributed by atoms with Crippen LogP contribution in [0.1, 0.15) is 0 Å². The molecular weight excluding hydrogens is 274 g/mol. The van der Waals surface area contributed by atoms with E-state index in [1.165, 1.54) is 0 Å². The summed E-state index contributed by atoms with van der Waals surface area (Å²) in [6.07, 6.45) is -3.80. The summed E-state index contributed by atoms with van der Waals surface area (Å²) in [4.78, 5) is 0. The maximum Gasteiger partial charge on any atom is 0.238 e. The molecule has 20 heavy (non-hydrogen) atoms. The lowest BCUT2D eigenvalue weighted by atomic mass is 10.0. The first-order valence-corrected chi connectivity index (χ1v) is 6.20. The van der Waals surface area contributed by atoms with Crippen molar-refractivity contribution in [2.75, 3.05) is 39.5 Å². The average Bonchev–Trinajstić information content (AvgIpc) is 2.37. The van der Waals surface area contributed by atoms with Crippen LogP contribution in [-0.2, 0) is 0 Å². The van der Waals surface area contributed by atoms with E-state index in [1.54, 1.807) is 0 Å². The Morgan fingerprint density at radius 1 is 0.850 bits per heavy atom. The van der Waals surface area contributed by atoms with Gasteiger partial charge >= 0.3 is 0 Å². The zero-order valence-electron chi connectivity index (χ0n) is 11.2. The molecule has 11 N–H and O–H groups in total. The van der Waals surface area contributed by atoms with Crippen LogP contribution in [-0.4, -0.2) is 104 Å². The fourth-order valence-electron chi connectivity index (χ4n) is 2.14. The van der Waals surface area contributed by atoms with Crippen LogP contribution in [0, 0.1) is 0 Å². The lowest BCUT2D eigenvalue weighted by molar-refractivity contribution is -0.954. The molecule has 2 atom stereocenters. The minimum absolute atomic E-state index is 0.00636. The van der Waals surface area contributed by atoms with Crippen molar-refractivity contribution in [2.45, 2.75) is 24.3 Å². The quantitative estimate of drug-likeness (QED) is 0.140. The Kier molecular flexibility index (Phi) is 7.98. The molecular formula is C10H26N3O7+. The molecule has 0 heterocycles. The number of rotatable bonds is 10. The average molecular weight is 300 g/mol. The zero-order valence-corrected chi connectivity index (χ0v) is 11.2. The second kappa shape index (κ2) is 8.14. The molecule has 122 valence electrons. The molecule has 0 radical (unpaired) electrons. The number of aliphatic hydroxyl groups excluding tert-OH is 4. The van der Waals surface area contributed by atoms with Gasteiger partial charge in [0.25, 0.3) is 0 Å². The molecule has 10 heteroatoms. The Morgan fingerprint density at radius 3 is 1.45 bits per heavy atom. The van der Waals surface area contributed by atoms with Crippen molar-refractivity contribution in [1.29, 1.82) is 0 Å². The molecule has 0 rings (SSSR count). The van der Waals surface area contributed by atoms with Crippen LogP contribution in [0.3, 0.4) is 0 Å². The first-order valence-electron chi connectivity index (χ1n) is 6.20. The lowest BCUT2D eigenvalue weighted by Gasteiger charge is -2.46. The van der Waals surface area contributed by atoms with Gasteiger partial charge in [0, 0.05) is 0 Å². The molecule has 0 saturated carbocycles. The van der Waals surface area contributed by atoms with Crippen molar-refractivity contribution < 1.29 is 40.2 Å². The van der Waals surface area contributed by atoms with Gasteiger partial charge in [0.05, 0.1) is 19.8 Å². The summed E-state index contributed by atoms with van der Waals surface area (Å²) >= 11 is 0. The molecule has 0 amide bonds. The molecule has 0 aliphatic rings. The van der Waals surface area contributed by atoms with Crippen molar-refractivity contribution >= 4 is 0 Å². The van der Waals surface area contributed by atoms with Crippen molar-refractivity contribution in [2.24, 2.45) is 11.5 Å². The Balaban J connectivity index is 5.34. The highest BCUT2D eigenvalue weighted by Crippen LogP contribution is 2.19. The van der Waals surface area contributed by atoms with Crippen molar-refractivity contribution in [1.82, 2.24) is 0 Å². The minimum Gasteiger partial charge on any atom is -0.391 e. The summed E-state index contributed by atoms with van der Waals surface area (Å²) in [6.45, 7) is -1.04. The number of hydrogen-bond acceptors (Lipinski definition) is 9. The van der Waals surface area contributed by atoms with Crippen LogP contribution in [0.5, 0.6) is 0 Å². The van der Waals surface area contributed by atoms with Gasteiger partial charge in [-0.3, -0.25) is 5.73 Å². The number of quaternary nitrogens is 1. The third-order valence-electron chi connectivity index (χ3n) is 3.51. The predicted octanol–water partition coefficient (Wildman–Crippen LogP) is -5.62. The highest BCUT2D eigenvalue weighted by Gasteiger charge is 2.49.